The molecule has 1 aromatic carbocycles. The molecule has 0 amide bonds. The number of hydrogen-bond donors (Lipinski definition) is 0. The maximum Gasteiger partial charge on any atom is 0.163 e. The Labute approximate surface area is 139 Å². The smallest absolute Gasteiger partial charge is 0.163 e. The van der Waals surface area contributed by atoms with Gasteiger partial charge in [-0.25, -0.2) is 9.97 Å². The monoisotopic (exact) mass is 415 g/mol. The van der Waals surface area contributed by atoms with Crippen molar-refractivity contribution < 1.29 is 0 Å². The molecule has 0 N–H and O–H groups in total. The summed E-state index contributed by atoms with van der Waals surface area (Å²) in [4.78, 5) is 13.2. The molecule has 0 spiro atoms. The molecule has 3 nitrogen and oxygen atoms in total. The summed E-state index contributed by atoms with van der Waals surface area (Å²) in [7, 11) is 0. The average molecular weight is 416 g/mol. The topological polar surface area (TPSA) is 38.7 Å². The Morgan fingerprint density at radius 2 is 1.65 bits per heavy atom. The number of pyridine rings is 1. The van der Waals surface area contributed by atoms with Gasteiger partial charge in [-0.2, -0.15) is 0 Å². The van der Waals surface area contributed by atoms with Crippen LogP contribution in [-0.4, -0.2) is 15.0 Å². The Balaban J connectivity index is 2.34. The van der Waals surface area contributed by atoms with Crippen LogP contribution in [0.4, 0.5) is 0 Å². The van der Waals surface area contributed by atoms with Crippen molar-refractivity contribution in [2.24, 2.45) is 0 Å². The van der Waals surface area contributed by atoms with Crippen molar-refractivity contribution >= 4 is 56.7 Å². The second-order valence-electron chi connectivity index (χ2n) is 4.27. The summed E-state index contributed by atoms with van der Waals surface area (Å²) in [5.41, 5.74) is 2.68. The first-order valence-corrected chi connectivity index (χ1v) is 7.65. The van der Waals surface area contributed by atoms with Crippen molar-refractivity contribution in [2.45, 2.75) is 6.92 Å². The Bertz CT molecular complexity index is 798. The molecular formula is C14H8Cl2IN3. The van der Waals surface area contributed by atoms with Gasteiger partial charge < -0.3 is 0 Å². The van der Waals surface area contributed by atoms with Crippen LogP contribution in [0.2, 0.25) is 10.3 Å². The predicted octanol–water partition coefficient (Wildman–Crippen LogP) is 4.91. The fraction of sp³-hybridized carbons (Fsp3) is 0.0714. The minimum Gasteiger partial charge on any atom is -0.253 e. The van der Waals surface area contributed by atoms with E-state index in [4.69, 9.17) is 23.2 Å². The third-order valence-corrected chi connectivity index (χ3v) is 5.06. The lowest BCUT2D eigenvalue weighted by atomic mass is 10.1. The molecule has 0 aliphatic heterocycles. The van der Waals surface area contributed by atoms with Crippen LogP contribution >= 0.6 is 45.8 Å². The van der Waals surface area contributed by atoms with Crippen molar-refractivity contribution in [2.75, 3.05) is 0 Å². The number of para-hydroxylation sites is 1. The summed E-state index contributed by atoms with van der Waals surface area (Å²) in [5, 5.41) is 1.70. The predicted molar refractivity (Wildman–Crippen MR) is 90.2 cm³/mol. The molecule has 0 unspecified atom stereocenters. The largest absolute Gasteiger partial charge is 0.253 e. The molecule has 0 aliphatic rings. The van der Waals surface area contributed by atoms with Crippen molar-refractivity contribution in [3.63, 3.8) is 0 Å². The van der Waals surface area contributed by atoms with Gasteiger partial charge in [0.15, 0.2) is 5.82 Å². The summed E-state index contributed by atoms with van der Waals surface area (Å²) in [6, 6.07) is 9.80. The summed E-state index contributed by atoms with van der Waals surface area (Å²) in [6.45, 7) is 1.94. The number of benzene rings is 1. The number of aryl methyl sites for hydroxylation is 1. The first-order chi connectivity index (χ1) is 9.56. The third-order valence-electron chi connectivity index (χ3n) is 2.86. The van der Waals surface area contributed by atoms with Crippen molar-refractivity contribution in [1.29, 1.82) is 0 Å². The first-order valence-electron chi connectivity index (χ1n) is 5.81. The van der Waals surface area contributed by atoms with Gasteiger partial charge in [0.1, 0.15) is 10.3 Å². The highest BCUT2D eigenvalue weighted by molar-refractivity contribution is 14.1. The second-order valence-corrected chi connectivity index (χ2v) is 6.07. The lowest BCUT2D eigenvalue weighted by Crippen LogP contribution is -1.96. The number of rotatable bonds is 1. The molecule has 3 aromatic rings. The zero-order valence-corrected chi connectivity index (χ0v) is 14.0. The van der Waals surface area contributed by atoms with E-state index in [1.165, 1.54) is 0 Å². The number of halogens is 3. The van der Waals surface area contributed by atoms with Gasteiger partial charge in [-0.15, -0.1) is 0 Å². The quantitative estimate of drug-likeness (QED) is 0.418. The van der Waals surface area contributed by atoms with Crippen LogP contribution in [0.3, 0.4) is 0 Å². The molecular weight excluding hydrogens is 408 g/mol. The van der Waals surface area contributed by atoms with E-state index in [2.05, 4.69) is 15.0 Å². The van der Waals surface area contributed by atoms with Gasteiger partial charge >= 0.3 is 0 Å². The normalized spacial score (nSPS) is 11.0. The minimum atomic E-state index is 0.360. The van der Waals surface area contributed by atoms with Crippen molar-refractivity contribution in [1.82, 2.24) is 15.0 Å². The molecule has 0 bridgehead atoms. The summed E-state index contributed by atoms with van der Waals surface area (Å²) >= 11 is 14.2. The van der Waals surface area contributed by atoms with Crippen LogP contribution in [0, 0.1) is 10.5 Å². The number of fused-ring (bicyclic) bond motifs is 1. The van der Waals surface area contributed by atoms with E-state index in [0.29, 0.717) is 19.7 Å². The molecule has 6 heteroatoms. The highest BCUT2D eigenvalue weighted by Crippen LogP contribution is 2.30. The highest BCUT2D eigenvalue weighted by Gasteiger charge is 2.13. The number of hydrogen-bond acceptors (Lipinski definition) is 3. The Hall–Kier alpha value is -0.980. The fourth-order valence-electron chi connectivity index (χ4n) is 2.01. The average Bonchev–Trinajstić information content (AvgIpc) is 2.43. The van der Waals surface area contributed by atoms with E-state index in [1.54, 1.807) is 0 Å². The zero-order chi connectivity index (χ0) is 14.3. The van der Waals surface area contributed by atoms with Gasteiger partial charge in [-0.3, -0.25) is 4.98 Å². The van der Waals surface area contributed by atoms with Crippen LogP contribution in [0.1, 0.15) is 5.69 Å². The number of nitrogens with zero attached hydrogens (tertiary/aromatic N) is 3. The van der Waals surface area contributed by atoms with Crippen LogP contribution in [0.5, 0.6) is 0 Å². The Morgan fingerprint density at radius 3 is 2.35 bits per heavy atom. The minimum absolute atomic E-state index is 0.360. The molecule has 0 atom stereocenters. The summed E-state index contributed by atoms with van der Waals surface area (Å²) < 4.78 is 0.657. The molecule has 20 heavy (non-hydrogen) atoms. The van der Waals surface area contributed by atoms with Crippen LogP contribution in [-0.2, 0) is 0 Å². The van der Waals surface area contributed by atoms with Gasteiger partial charge in [0, 0.05) is 16.6 Å². The van der Waals surface area contributed by atoms with Gasteiger partial charge in [-0.1, -0.05) is 41.4 Å². The van der Waals surface area contributed by atoms with E-state index in [9.17, 15) is 0 Å². The Morgan fingerprint density at radius 1 is 1.00 bits per heavy atom. The lowest BCUT2D eigenvalue weighted by Gasteiger charge is -2.08. The second kappa shape index (κ2) is 5.42. The van der Waals surface area contributed by atoms with E-state index in [0.717, 1.165) is 22.2 Å². The standard InChI is InChI=1S/C14H8Cl2IN3/c1-7-6-9(8-4-2-3-5-10(8)18-7)14-19-12(15)11(17)13(16)20-14/h2-6H,1H3. The molecule has 0 aliphatic carbocycles. The van der Waals surface area contributed by atoms with Crippen LogP contribution in [0.15, 0.2) is 30.3 Å². The number of aromatic nitrogens is 3. The van der Waals surface area contributed by atoms with E-state index in [1.807, 2.05) is 59.8 Å². The molecule has 2 heterocycles. The molecule has 2 aromatic heterocycles. The molecule has 100 valence electrons. The third kappa shape index (κ3) is 2.47. The van der Waals surface area contributed by atoms with Crippen LogP contribution < -0.4 is 0 Å². The molecule has 0 saturated heterocycles. The molecule has 0 fully saturated rings. The summed E-state index contributed by atoms with van der Waals surface area (Å²) in [5.74, 6) is 0.516. The first kappa shape index (κ1) is 14.0. The van der Waals surface area contributed by atoms with Gasteiger partial charge in [0.05, 0.1) is 9.09 Å². The fourth-order valence-corrected chi connectivity index (χ4v) is 2.64. The molecule has 0 saturated carbocycles. The lowest BCUT2D eigenvalue weighted by molar-refractivity contribution is 1.15. The van der Waals surface area contributed by atoms with Crippen LogP contribution in [0.25, 0.3) is 22.3 Å². The highest BCUT2D eigenvalue weighted by atomic mass is 127. The Kier molecular flexibility index (Phi) is 3.79. The summed E-state index contributed by atoms with van der Waals surface area (Å²) in [6.07, 6.45) is 0. The maximum absolute atomic E-state index is 6.10. The van der Waals surface area contributed by atoms with Gasteiger partial charge in [0.2, 0.25) is 0 Å². The maximum atomic E-state index is 6.10. The van der Waals surface area contributed by atoms with Crippen molar-refractivity contribution in [3.05, 3.63) is 49.9 Å². The zero-order valence-electron chi connectivity index (χ0n) is 10.4. The molecule has 0 radical (unpaired) electrons. The van der Waals surface area contributed by atoms with Gasteiger partial charge in [0.25, 0.3) is 0 Å². The van der Waals surface area contributed by atoms with E-state index < -0.39 is 0 Å². The van der Waals surface area contributed by atoms with Gasteiger partial charge in [-0.05, 0) is 41.6 Å². The van der Waals surface area contributed by atoms with E-state index >= 15 is 0 Å². The van der Waals surface area contributed by atoms with Crippen molar-refractivity contribution in [3.8, 4) is 11.4 Å². The molecule has 3 rings (SSSR count). The van der Waals surface area contributed by atoms with E-state index in [-0.39, 0.29) is 0 Å². The SMILES string of the molecule is Cc1cc(-c2nc(Cl)c(I)c(Cl)n2)c2ccccc2n1.